The zero-order chi connectivity index (χ0) is 20.3. The number of carbonyl (C=O) groups is 1. The number of amides is 1. The molecular formula is C22H24ClN3O2. The molecule has 146 valence electrons. The molecule has 0 aliphatic heterocycles. The standard InChI is InChI=1S/C22H24ClN3O2/c1-15-11-16(2)26(24-15)13-17-5-7-18(8-6-17)22(27)25(3)14-19-12-20(23)9-10-21(19)28-4/h5-12H,13-14H2,1-4H3. The van der Waals surface area contributed by atoms with Crippen molar-refractivity contribution in [2.24, 2.45) is 0 Å². The first-order chi connectivity index (χ1) is 13.4. The lowest BCUT2D eigenvalue weighted by Gasteiger charge is -2.19. The van der Waals surface area contributed by atoms with Crippen LogP contribution in [0.15, 0.2) is 48.5 Å². The van der Waals surface area contributed by atoms with E-state index in [9.17, 15) is 4.79 Å². The van der Waals surface area contributed by atoms with Gasteiger partial charge in [0.1, 0.15) is 5.75 Å². The topological polar surface area (TPSA) is 47.4 Å². The molecule has 0 atom stereocenters. The molecule has 1 amide bonds. The van der Waals surface area contributed by atoms with Crippen molar-refractivity contribution >= 4 is 17.5 Å². The van der Waals surface area contributed by atoms with Gasteiger partial charge >= 0.3 is 0 Å². The molecule has 0 radical (unpaired) electrons. The summed E-state index contributed by atoms with van der Waals surface area (Å²) in [7, 11) is 3.38. The third kappa shape index (κ3) is 4.54. The molecule has 0 spiro atoms. The number of carbonyl (C=O) groups excluding carboxylic acids is 1. The van der Waals surface area contributed by atoms with Crippen LogP contribution in [0.25, 0.3) is 0 Å². The molecule has 0 fully saturated rings. The predicted octanol–water partition coefficient (Wildman–Crippen LogP) is 4.48. The third-order valence-electron chi connectivity index (χ3n) is 4.63. The van der Waals surface area contributed by atoms with Gasteiger partial charge in [-0.25, -0.2) is 0 Å². The quantitative estimate of drug-likeness (QED) is 0.616. The largest absolute Gasteiger partial charge is 0.496 e. The van der Waals surface area contributed by atoms with Crippen molar-refractivity contribution in [1.29, 1.82) is 0 Å². The molecule has 3 rings (SSSR count). The Kier molecular flexibility index (Phi) is 6.05. The van der Waals surface area contributed by atoms with E-state index < -0.39 is 0 Å². The summed E-state index contributed by atoms with van der Waals surface area (Å²) in [6.45, 7) is 5.12. The highest BCUT2D eigenvalue weighted by Crippen LogP contribution is 2.24. The van der Waals surface area contributed by atoms with Crippen LogP contribution in [-0.4, -0.2) is 34.7 Å². The number of aromatic nitrogens is 2. The van der Waals surface area contributed by atoms with Gasteiger partial charge in [-0.3, -0.25) is 9.48 Å². The Hall–Kier alpha value is -2.79. The molecule has 0 aliphatic rings. The fourth-order valence-corrected chi connectivity index (χ4v) is 3.37. The van der Waals surface area contributed by atoms with E-state index >= 15 is 0 Å². The first-order valence-electron chi connectivity index (χ1n) is 9.05. The van der Waals surface area contributed by atoms with Gasteiger partial charge in [0.2, 0.25) is 0 Å². The number of hydrogen-bond acceptors (Lipinski definition) is 3. The van der Waals surface area contributed by atoms with E-state index in [2.05, 4.69) is 11.2 Å². The maximum atomic E-state index is 12.8. The monoisotopic (exact) mass is 397 g/mol. The van der Waals surface area contributed by atoms with E-state index in [1.807, 2.05) is 54.9 Å². The lowest BCUT2D eigenvalue weighted by Crippen LogP contribution is -2.26. The summed E-state index contributed by atoms with van der Waals surface area (Å²) in [5.41, 5.74) is 4.73. The van der Waals surface area contributed by atoms with Crippen molar-refractivity contribution in [2.75, 3.05) is 14.2 Å². The van der Waals surface area contributed by atoms with E-state index in [-0.39, 0.29) is 5.91 Å². The van der Waals surface area contributed by atoms with Crippen LogP contribution >= 0.6 is 11.6 Å². The van der Waals surface area contributed by atoms with Crippen molar-refractivity contribution in [3.05, 3.63) is 81.6 Å². The van der Waals surface area contributed by atoms with Crippen LogP contribution in [0.1, 0.15) is 32.9 Å². The smallest absolute Gasteiger partial charge is 0.253 e. The Morgan fingerprint density at radius 3 is 2.46 bits per heavy atom. The zero-order valence-corrected chi connectivity index (χ0v) is 17.3. The highest BCUT2D eigenvalue weighted by molar-refractivity contribution is 6.30. The number of ether oxygens (including phenoxy) is 1. The Bertz CT molecular complexity index is 980. The molecule has 0 saturated carbocycles. The molecule has 0 unspecified atom stereocenters. The van der Waals surface area contributed by atoms with Crippen LogP contribution in [0.2, 0.25) is 5.02 Å². The van der Waals surface area contributed by atoms with E-state index in [1.54, 1.807) is 25.1 Å². The van der Waals surface area contributed by atoms with Crippen LogP contribution < -0.4 is 4.74 Å². The number of benzene rings is 2. The van der Waals surface area contributed by atoms with E-state index in [0.29, 0.717) is 29.4 Å². The predicted molar refractivity (Wildman–Crippen MR) is 111 cm³/mol. The molecule has 2 aromatic carbocycles. The molecule has 1 heterocycles. The summed E-state index contributed by atoms with van der Waals surface area (Å²) in [5, 5.41) is 5.10. The molecule has 0 N–H and O–H groups in total. The van der Waals surface area contributed by atoms with Crippen LogP contribution in [-0.2, 0) is 13.1 Å². The highest BCUT2D eigenvalue weighted by atomic mass is 35.5. The van der Waals surface area contributed by atoms with Crippen molar-refractivity contribution in [3.63, 3.8) is 0 Å². The van der Waals surface area contributed by atoms with Crippen molar-refractivity contribution < 1.29 is 9.53 Å². The van der Waals surface area contributed by atoms with Gasteiger partial charge in [-0.2, -0.15) is 5.10 Å². The minimum absolute atomic E-state index is 0.0558. The number of methoxy groups -OCH3 is 1. The van der Waals surface area contributed by atoms with Gasteiger partial charge in [-0.15, -0.1) is 0 Å². The first-order valence-corrected chi connectivity index (χ1v) is 9.43. The number of halogens is 1. The van der Waals surface area contributed by atoms with Gasteiger partial charge in [0.05, 0.1) is 19.3 Å². The molecule has 6 heteroatoms. The highest BCUT2D eigenvalue weighted by Gasteiger charge is 2.15. The number of rotatable bonds is 6. The summed E-state index contributed by atoms with van der Waals surface area (Å²) in [5.74, 6) is 0.656. The van der Waals surface area contributed by atoms with Crippen LogP contribution in [0.4, 0.5) is 0 Å². The van der Waals surface area contributed by atoms with Crippen LogP contribution in [0.3, 0.4) is 0 Å². The maximum absolute atomic E-state index is 12.8. The summed E-state index contributed by atoms with van der Waals surface area (Å²) in [6.07, 6.45) is 0. The molecule has 1 aromatic heterocycles. The summed E-state index contributed by atoms with van der Waals surface area (Å²) >= 11 is 6.08. The van der Waals surface area contributed by atoms with Gasteiger partial charge in [0, 0.05) is 35.4 Å². The second-order valence-electron chi connectivity index (χ2n) is 6.90. The SMILES string of the molecule is COc1ccc(Cl)cc1CN(C)C(=O)c1ccc(Cn2nc(C)cc2C)cc1. The van der Waals surface area contributed by atoms with Crippen LogP contribution in [0.5, 0.6) is 5.75 Å². The van der Waals surface area contributed by atoms with Gasteiger partial charge in [0.25, 0.3) is 5.91 Å². The minimum Gasteiger partial charge on any atom is -0.496 e. The third-order valence-corrected chi connectivity index (χ3v) is 4.87. The lowest BCUT2D eigenvalue weighted by molar-refractivity contribution is 0.0784. The van der Waals surface area contributed by atoms with Crippen LogP contribution in [0, 0.1) is 13.8 Å². The average molecular weight is 398 g/mol. The molecule has 28 heavy (non-hydrogen) atoms. The minimum atomic E-state index is -0.0558. The molecule has 0 bridgehead atoms. The zero-order valence-electron chi connectivity index (χ0n) is 16.6. The van der Waals surface area contributed by atoms with Crippen molar-refractivity contribution in [3.8, 4) is 5.75 Å². The average Bonchev–Trinajstić information content (AvgIpc) is 2.99. The second-order valence-corrected chi connectivity index (χ2v) is 7.34. The van der Waals surface area contributed by atoms with Gasteiger partial charge in [-0.1, -0.05) is 23.7 Å². The van der Waals surface area contributed by atoms with Gasteiger partial charge in [0.15, 0.2) is 0 Å². The first kappa shape index (κ1) is 20.0. The van der Waals surface area contributed by atoms with Gasteiger partial charge in [-0.05, 0) is 55.8 Å². The Balaban J connectivity index is 1.70. The fraction of sp³-hybridized carbons (Fsp3) is 0.273. The number of nitrogens with zero attached hydrogens (tertiary/aromatic N) is 3. The summed E-state index contributed by atoms with van der Waals surface area (Å²) < 4.78 is 7.33. The van der Waals surface area contributed by atoms with E-state index in [4.69, 9.17) is 16.3 Å². The fourth-order valence-electron chi connectivity index (χ4n) is 3.18. The van der Waals surface area contributed by atoms with E-state index in [1.165, 1.54) is 0 Å². The Morgan fingerprint density at radius 2 is 1.86 bits per heavy atom. The molecule has 5 nitrogen and oxygen atoms in total. The summed E-state index contributed by atoms with van der Waals surface area (Å²) in [4.78, 5) is 14.5. The molecule has 0 aliphatic carbocycles. The van der Waals surface area contributed by atoms with Gasteiger partial charge < -0.3 is 9.64 Å². The molecule has 3 aromatic rings. The lowest BCUT2D eigenvalue weighted by atomic mass is 10.1. The second kappa shape index (κ2) is 8.48. The molecule has 0 saturated heterocycles. The van der Waals surface area contributed by atoms with E-state index in [0.717, 1.165) is 22.5 Å². The van der Waals surface area contributed by atoms with Crippen molar-refractivity contribution in [2.45, 2.75) is 26.9 Å². The number of aryl methyl sites for hydroxylation is 2. The normalized spacial score (nSPS) is 10.8. The Labute approximate surface area is 170 Å². The number of hydrogen-bond donors (Lipinski definition) is 0. The maximum Gasteiger partial charge on any atom is 0.253 e. The Morgan fingerprint density at radius 1 is 1.14 bits per heavy atom. The van der Waals surface area contributed by atoms with Crippen molar-refractivity contribution in [1.82, 2.24) is 14.7 Å². The molecular weight excluding hydrogens is 374 g/mol. The summed E-state index contributed by atoms with van der Waals surface area (Å²) in [6, 6.07) is 15.1.